The van der Waals surface area contributed by atoms with Crippen LogP contribution in [0.15, 0.2) is 9.78 Å². The van der Waals surface area contributed by atoms with Gasteiger partial charge < -0.3 is 10.6 Å². The maximum absolute atomic E-state index is 9.63. The van der Waals surface area contributed by atoms with Gasteiger partial charge in [0.25, 0.3) is 0 Å². The summed E-state index contributed by atoms with van der Waals surface area (Å²) >= 11 is 0. The van der Waals surface area contributed by atoms with Crippen LogP contribution in [0, 0.1) is 0 Å². The van der Waals surface area contributed by atoms with Crippen molar-refractivity contribution >= 4 is 11.7 Å². The number of nitrogens with two attached hydrogens (primary N) is 1. The van der Waals surface area contributed by atoms with E-state index in [9.17, 15) is 5.21 Å². The van der Waals surface area contributed by atoms with Crippen LogP contribution in [0.5, 0.6) is 0 Å². The molecule has 0 saturated carbocycles. The number of hydroxylamine groups is 2. The van der Waals surface area contributed by atoms with Crippen LogP contribution in [-0.4, -0.2) is 32.1 Å². The SMILES string of the molecule is CC1(C)ON=C(c2nonc2N)N1O. The number of rotatable bonds is 1. The van der Waals surface area contributed by atoms with E-state index in [0.29, 0.717) is 0 Å². The second-order valence-electron chi connectivity index (χ2n) is 3.26. The Bertz CT molecular complexity index is 385. The molecule has 2 heterocycles. The standard InChI is InChI=1S/C6H9N5O3/c1-6(2)11(12)5(10-13-6)3-4(7)9-14-8-3/h12H,1-2H3,(H2,7,9). The van der Waals surface area contributed by atoms with Gasteiger partial charge in [-0.15, -0.1) is 0 Å². The number of hydrogen-bond donors (Lipinski definition) is 2. The third kappa shape index (κ3) is 1.08. The zero-order valence-corrected chi connectivity index (χ0v) is 7.63. The molecule has 0 amide bonds. The van der Waals surface area contributed by atoms with Gasteiger partial charge in [-0.3, -0.25) is 5.21 Å². The predicted octanol–water partition coefficient (Wildman–Crippen LogP) is -0.229. The van der Waals surface area contributed by atoms with E-state index >= 15 is 0 Å². The quantitative estimate of drug-likeness (QED) is 0.642. The number of aromatic nitrogens is 2. The van der Waals surface area contributed by atoms with Gasteiger partial charge in [0.15, 0.2) is 11.5 Å². The van der Waals surface area contributed by atoms with Crippen LogP contribution in [0.4, 0.5) is 5.82 Å². The lowest BCUT2D eigenvalue weighted by molar-refractivity contribution is -0.193. The van der Waals surface area contributed by atoms with Gasteiger partial charge in [0.1, 0.15) is 0 Å². The minimum absolute atomic E-state index is 0.0455. The summed E-state index contributed by atoms with van der Waals surface area (Å²) in [5.41, 5.74) is 4.64. The van der Waals surface area contributed by atoms with Gasteiger partial charge in [-0.1, -0.05) is 5.16 Å². The van der Waals surface area contributed by atoms with Crippen molar-refractivity contribution in [3.63, 3.8) is 0 Å². The van der Waals surface area contributed by atoms with Gasteiger partial charge in [-0.25, -0.2) is 4.63 Å². The van der Waals surface area contributed by atoms with Gasteiger partial charge in [-0.2, -0.15) is 5.06 Å². The molecule has 14 heavy (non-hydrogen) atoms. The molecule has 1 aromatic rings. The van der Waals surface area contributed by atoms with Crippen LogP contribution in [0.3, 0.4) is 0 Å². The molecule has 1 aliphatic heterocycles. The highest BCUT2D eigenvalue weighted by molar-refractivity contribution is 6.00. The molecule has 0 aliphatic carbocycles. The third-order valence-electron chi connectivity index (χ3n) is 1.79. The van der Waals surface area contributed by atoms with Crippen molar-refractivity contribution in [2.45, 2.75) is 19.6 Å². The van der Waals surface area contributed by atoms with Gasteiger partial charge >= 0.3 is 0 Å². The van der Waals surface area contributed by atoms with Gasteiger partial charge in [0, 0.05) is 0 Å². The third-order valence-corrected chi connectivity index (χ3v) is 1.79. The van der Waals surface area contributed by atoms with E-state index in [-0.39, 0.29) is 17.3 Å². The number of hydrogen-bond acceptors (Lipinski definition) is 8. The molecule has 1 aliphatic rings. The first-order valence-electron chi connectivity index (χ1n) is 3.86. The summed E-state index contributed by atoms with van der Waals surface area (Å²) in [6, 6.07) is 0. The molecule has 0 unspecified atom stereocenters. The highest BCUT2D eigenvalue weighted by atomic mass is 16.7. The fourth-order valence-corrected chi connectivity index (χ4v) is 0.981. The molecule has 0 saturated heterocycles. The molecular formula is C6H9N5O3. The number of nitrogens with zero attached hydrogens (tertiary/aromatic N) is 4. The van der Waals surface area contributed by atoms with Crippen molar-refractivity contribution in [1.82, 2.24) is 15.4 Å². The Morgan fingerprint density at radius 2 is 2.14 bits per heavy atom. The number of amidine groups is 1. The number of anilines is 1. The van der Waals surface area contributed by atoms with Gasteiger partial charge in [0.2, 0.25) is 11.6 Å². The molecule has 0 aromatic carbocycles. The first kappa shape index (κ1) is 8.75. The van der Waals surface area contributed by atoms with Crippen LogP contribution < -0.4 is 5.73 Å². The van der Waals surface area contributed by atoms with E-state index in [0.717, 1.165) is 5.06 Å². The monoisotopic (exact) mass is 199 g/mol. The topological polar surface area (TPSA) is 110 Å². The molecule has 76 valence electrons. The largest absolute Gasteiger partial charge is 0.379 e. The van der Waals surface area contributed by atoms with Crippen LogP contribution in [0.25, 0.3) is 0 Å². The van der Waals surface area contributed by atoms with E-state index in [1.807, 2.05) is 0 Å². The van der Waals surface area contributed by atoms with Crippen molar-refractivity contribution < 1.29 is 14.7 Å². The summed E-state index contributed by atoms with van der Waals surface area (Å²) in [5, 5.41) is 20.9. The number of oxime groups is 1. The Hall–Kier alpha value is -1.83. The summed E-state index contributed by atoms with van der Waals surface area (Å²) in [5.74, 6) is 0.123. The minimum Gasteiger partial charge on any atom is -0.379 e. The lowest BCUT2D eigenvalue weighted by Crippen LogP contribution is -2.41. The minimum atomic E-state index is -0.944. The van der Waals surface area contributed by atoms with E-state index in [2.05, 4.69) is 20.1 Å². The average molecular weight is 199 g/mol. The zero-order chi connectivity index (χ0) is 10.3. The van der Waals surface area contributed by atoms with E-state index in [1.165, 1.54) is 0 Å². The lowest BCUT2D eigenvalue weighted by Gasteiger charge is -2.23. The second-order valence-corrected chi connectivity index (χ2v) is 3.26. The predicted molar refractivity (Wildman–Crippen MR) is 44.0 cm³/mol. The molecular weight excluding hydrogens is 190 g/mol. The normalized spacial score (nSPS) is 19.4. The molecule has 8 heteroatoms. The highest BCUT2D eigenvalue weighted by Crippen LogP contribution is 2.25. The molecule has 2 rings (SSSR count). The Morgan fingerprint density at radius 3 is 2.57 bits per heavy atom. The van der Waals surface area contributed by atoms with Crippen molar-refractivity contribution in [2.75, 3.05) is 5.73 Å². The summed E-state index contributed by atoms with van der Waals surface area (Å²) < 4.78 is 4.38. The van der Waals surface area contributed by atoms with E-state index in [1.54, 1.807) is 13.8 Å². The van der Waals surface area contributed by atoms with E-state index in [4.69, 9.17) is 10.6 Å². The fraction of sp³-hybridized carbons (Fsp3) is 0.500. The molecule has 1 aromatic heterocycles. The molecule has 0 fully saturated rings. The highest BCUT2D eigenvalue weighted by Gasteiger charge is 2.40. The Kier molecular flexibility index (Phi) is 1.61. The first-order chi connectivity index (χ1) is 6.52. The average Bonchev–Trinajstić information content (AvgIpc) is 2.61. The Morgan fingerprint density at radius 1 is 1.43 bits per heavy atom. The van der Waals surface area contributed by atoms with Crippen LogP contribution in [0.1, 0.15) is 19.5 Å². The van der Waals surface area contributed by atoms with Crippen molar-refractivity contribution in [2.24, 2.45) is 5.16 Å². The fourth-order valence-electron chi connectivity index (χ4n) is 0.981. The van der Waals surface area contributed by atoms with Gasteiger partial charge in [-0.05, 0) is 24.2 Å². The molecule has 0 radical (unpaired) electrons. The van der Waals surface area contributed by atoms with Crippen molar-refractivity contribution in [3.8, 4) is 0 Å². The smallest absolute Gasteiger partial charge is 0.228 e. The summed E-state index contributed by atoms with van der Waals surface area (Å²) in [6.07, 6.45) is 0. The van der Waals surface area contributed by atoms with Crippen LogP contribution in [-0.2, 0) is 4.84 Å². The zero-order valence-electron chi connectivity index (χ0n) is 7.63. The second kappa shape index (κ2) is 2.58. The molecule has 8 nitrogen and oxygen atoms in total. The molecule has 0 bridgehead atoms. The van der Waals surface area contributed by atoms with Crippen LogP contribution >= 0.6 is 0 Å². The Balaban J connectivity index is 2.35. The summed E-state index contributed by atoms with van der Waals surface area (Å²) in [6.45, 7) is 3.26. The maximum atomic E-state index is 9.63. The Labute approximate surface area is 78.8 Å². The van der Waals surface area contributed by atoms with Crippen LogP contribution in [0.2, 0.25) is 0 Å². The molecule has 0 spiro atoms. The van der Waals surface area contributed by atoms with Crippen molar-refractivity contribution in [3.05, 3.63) is 5.69 Å². The molecule has 3 N–H and O–H groups in total. The lowest BCUT2D eigenvalue weighted by atomic mass is 10.3. The summed E-state index contributed by atoms with van der Waals surface area (Å²) in [7, 11) is 0. The summed E-state index contributed by atoms with van der Waals surface area (Å²) in [4.78, 5) is 4.94. The van der Waals surface area contributed by atoms with E-state index < -0.39 is 5.72 Å². The van der Waals surface area contributed by atoms with Crippen molar-refractivity contribution in [1.29, 1.82) is 0 Å². The maximum Gasteiger partial charge on any atom is 0.228 e. The number of nitrogen functional groups attached to an aromatic ring is 1. The first-order valence-corrected chi connectivity index (χ1v) is 3.86. The van der Waals surface area contributed by atoms with Gasteiger partial charge in [0.05, 0.1) is 0 Å². The molecule has 0 atom stereocenters.